The van der Waals surface area contributed by atoms with Crippen LogP contribution in [0.1, 0.15) is 18.9 Å². The highest BCUT2D eigenvalue weighted by Gasteiger charge is 2.30. The highest BCUT2D eigenvalue weighted by molar-refractivity contribution is 8.15. The van der Waals surface area contributed by atoms with Crippen LogP contribution in [0.4, 0.5) is 4.79 Å². The molecule has 2 aromatic rings. The van der Waals surface area contributed by atoms with Crippen LogP contribution in [0.2, 0.25) is 5.02 Å². The van der Waals surface area contributed by atoms with E-state index in [0.29, 0.717) is 11.4 Å². The third-order valence-electron chi connectivity index (χ3n) is 4.63. The molecule has 3 rings (SSSR count). The number of benzene rings is 2. The zero-order valence-electron chi connectivity index (χ0n) is 16.5. The number of esters is 1. The van der Waals surface area contributed by atoms with Gasteiger partial charge in [-0.3, -0.25) is 14.4 Å². The first-order valence-electron chi connectivity index (χ1n) is 9.70. The Morgan fingerprint density at radius 3 is 2.63 bits per heavy atom. The molecule has 2 amide bonds. The first kappa shape index (κ1) is 22.2. The summed E-state index contributed by atoms with van der Waals surface area (Å²) in [6.07, 6.45) is 0.535. The molecule has 1 aliphatic heterocycles. The number of hydrogen-bond acceptors (Lipinski definition) is 5. The molecule has 0 aromatic heterocycles. The molecule has 1 saturated heterocycles. The fourth-order valence-electron chi connectivity index (χ4n) is 3.21. The molecule has 158 valence electrons. The molecule has 2 aromatic carbocycles. The Hall–Kier alpha value is -2.51. The molecule has 2 N–H and O–H groups in total. The highest BCUT2D eigenvalue weighted by Crippen LogP contribution is 2.24. The molecule has 1 unspecified atom stereocenters. The van der Waals surface area contributed by atoms with E-state index in [0.717, 1.165) is 28.5 Å². The van der Waals surface area contributed by atoms with Crippen molar-refractivity contribution in [1.82, 2.24) is 10.6 Å². The molecular formula is C22H23ClN2O4S. The predicted molar refractivity (Wildman–Crippen MR) is 119 cm³/mol. The lowest BCUT2D eigenvalue weighted by Gasteiger charge is -2.20. The summed E-state index contributed by atoms with van der Waals surface area (Å²) in [5, 5.41) is 5.49. The number of halogens is 1. The van der Waals surface area contributed by atoms with Crippen LogP contribution >= 0.6 is 23.4 Å². The Morgan fingerprint density at radius 1 is 1.23 bits per heavy atom. The SMILES string of the molecule is CCOC(=O)C[C@@H](Cc1ccc(-c2cccc(Cl)c2)cc1)NC(=O)C1CNC(=O)S1. The molecule has 6 nitrogen and oxygen atoms in total. The Bertz CT molecular complexity index is 920. The van der Waals surface area contributed by atoms with Gasteiger partial charge in [-0.05, 0) is 53.9 Å². The molecular weight excluding hydrogens is 424 g/mol. The van der Waals surface area contributed by atoms with Gasteiger partial charge in [-0.25, -0.2) is 0 Å². The monoisotopic (exact) mass is 446 g/mol. The van der Waals surface area contributed by atoms with E-state index >= 15 is 0 Å². The van der Waals surface area contributed by atoms with Crippen molar-refractivity contribution in [3.05, 3.63) is 59.1 Å². The first-order chi connectivity index (χ1) is 14.4. The summed E-state index contributed by atoms with van der Waals surface area (Å²) < 4.78 is 5.05. The number of amides is 2. The predicted octanol–water partition coefficient (Wildman–Crippen LogP) is 3.81. The van der Waals surface area contributed by atoms with E-state index in [2.05, 4.69) is 10.6 Å². The van der Waals surface area contributed by atoms with Gasteiger partial charge >= 0.3 is 5.97 Å². The van der Waals surface area contributed by atoms with Crippen molar-refractivity contribution in [2.45, 2.75) is 31.1 Å². The van der Waals surface area contributed by atoms with Crippen LogP contribution in [0.3, 0.4) is 0 Å². The fourth-order valence-corrected chi connectivity index (χ4v) is 4.17. The van der Waals surface area contributed by atoms with Gasteiger partial charge in [0.25, 0.3) is 5.24 Å². The molecule has 0 aliphatic carbocycles. The third-order valence-corrected chi connectivity index (χ3v) is 5.89. The zero-order valence-corrected chi connectivity index (χ0v) is 18.1. The van der Waals surface area contributed by atoms with Gasteiger partial charge in [0.1, 0.15) is 5.25 Å². The van der Waals surface area contributed by atoms with Crippen molar-refractivity contribution in [1.29, 1.82) is 0 Å². The minimum Gasteiger partial charge on any atom is -0.466 e. The third kappa shape index (κ3) is 6.24. The van der Waals surface area contributed by atoms with Crippen LogP contribution in [0.25, 0.3) is 11.1 Å². The van der Waals surface area contributed by atoms with E-state index in [1.807, 2.05) is 48.5 Å². The molecule has 30 heavy (non-hydrogen) atoms. The number of rotatable bonds is 8. The number of carbonyl (C=O) groups is 3. The van der Waals surface area contributed by atoms with Crippen LogP contribution in [-0.4, -0.2) is 41.6 Å². The second-order valence-electron chi connectivity index (χ2n) is 6.90. The van der Waals surface area contributed by atoms with Gasteiger partial charge in [0.2, 0.25) is 5.91 Å². The maximum Gasteiger partial charge on any atom is 0.307 e. The average Bonchev–Trinajstić information content (AvgIpc) is 3.15. The number of hydrogen-bond donors (Lipinski definition) is 2. The molecule has 0 bridgehead atoms. The number of nitrogens with one attached hydrogen (secondary N) is 2. The van der Waals surface area contributed by atoms with Gasteiger partial charge in [-0.15, -0.1) is 0 Å². The van der Waals surface area contributed by atoms with Gasteiger partial charge in [-0.1, -0.05) is 48.0 Å². The smallest absolute Gasteiger partial charge is 0.307 e. The summed E-state index contributed by atoms with van der Waals surface area (Å²) in [5.41, 5.74) is 3.02. The molecule has 0 radical (unpaired) electrons. The summed E-state index contributed by atoms with van der Waals surface area (Å²) in [5.74, 6) is -0.630. The summed E-state index contributed by atoms with van der Waals surface area (Å²) in [4.78, 5) is 35.9. The fraction of sp³-hybridized carbons (Fsp3) is 0.318. The molecule has 0 saturated carbocycles. The van der Waals surface area contributed by atoms with Crippen molar-refractivity contribution < 1.29 is 19.1 Å². The molecule has 8 heteroatoms. The first-order valence-corrected chi connectivity index (χ1v) is 11.0. The van der Waals surface area contributed by atoms with Crippen molar-refractivity contribution in [2.75, 3.05) is 13.2 Å². The quantitative estimate of drug-likeness (QED) is 0.602. The summed E-state index contributed by atoms with van der Waals surface area (Å²) in [6, 6.07) is 15.1. The zero-order chi connectivity index (χ0) is 21.5. The summed E-state index contributed by atoms with van der Waals surface area (Å²) in [6.45, 7) is 2.31. The standard InChI is InChI=1S/C22H23ClN2O4S/c1-2-29-20(26)12-18(25-21(27)19-13-24-22(28)30-19)10-14-6-8-15(9-7-14)16-4-3-5-17(23)11-16/h3-9,11,18-19H,2,10,12-13H2,1H3,(H,24,28)(H,25,27)/t18-,19?/m1/s1. The Kier molecular flexibility index (Phi) is 7.76. The minimum absolute atomic E-state index is 0.0639. The Balaban J connectivity index is 1.69. The largest absolute Gasteiger partial charge is 0.466 e. The maximum absolute atomic E-state index is 12.5. The summed E-state index contributed by atoms with van der Waals surface area (Å²) in [7, 11) is 0. The average molecular weight is 447 g/mol. The van der Waals surface area contributed by atoms with Crippen LogP contribution in [0.5, 0.6) is 0 Å². The van der Waals surface area contributed by atoms with E-state index in [1.54, 1.807) is 6.92 Å². The van der Waals surface area contributed by atoms with E-state index in [4.69, 9.17) is 16.3 Å². The lowest BCUT2D eigenvalue weighted by molar-refractivity contribution is -0.143. The summed E-state index contributed by atoms with van der Waals surface area (Å²) >= 11 is 7.03. The van der Waals surface area contributed by atoms with E-state index < -0.39 is 11.3 Å². The molecule has 1 aliphatic rings. The van der Waals surface area contributed by atoms with Crippen LogP contribution in [0.15, 0.2) is 48.5 Å². The number of carbonyl (C=O) groups excluding carboxylic acids is 3. The lowest BCUT2D eigenvalue weighted by Crippen LogP contribution is -2.43. The van der Waals surface area contributed by atoms with E-state index in [9.17, 15) is 14.4 Å². The highest BCUT2D eigenvalue weighted by atomic mass is 35.5. The van der Waals surface area contributed by atoms with Gasteiger partial charge in [0.15, 0.2) is 0 Å². The molecule has 1 fully saturated rings. The van der Waals surface area contributed by atoms with Crippen molar-refractivity contribution >= 4 is 40.5 Å². The molecule has 2 atom stereocenters. The second-order valence-corrected chi connectivity index (χ2v) is 8.51. The van der Waals surface area contributed by atoms with Crippen molar-refractivity contribution in [3.63, 3.8) is 0 Å². The minimum atomic E-state index is -0.493. The normalized spacial score (nSPS) is 16.6. The van der Waals surface area contributed by atoms with Crippen LogP contribution in [0, 0.1) is 0 Å². The number of thioether (sulfide) groups is 1. The van der Waals surface area contributed by atoms with Crippen molar-refractivity contribution in [3.8, 4) is 11.1 Å². The Labute approximate surface area is 184 Å². The van der Waals surface area contributed by atoms with E-state index in [-0.39, 0.29) is 36.7 Å². The van der Waals surface area contributed by atoms with Gasteiger partial charge in [0, 0.05) is 17.6 Å². The Morgan fingerprint density at radius 2 is 2.00 bits per heavy atom. The molecule has 1 heterocycles. The topological polar surface area (TPSA) is 84.5 Å². The second kappa shape index (κ2) is 10.5. The van der Waals surface area contributed by atoms with Crippen molar-refractivity contribution in [2.24, 2.45) is 0 Å². The molecule has 0 spiro atoms. The van der Waals surface area contributed by atoms with Crippen LogP contribution < -0.4 is 10.6 Å². The number of ether oxygens (including phenoxy) is 1. The van der Waals surface area contributed by atoms with Crippen LogP contribution in [-0.2, 0) is 20.7 Å². The maximum atomic E-state index is 12.5. The van der Waals surface area contributed by atoms with Gasteiger partial charge in [0.05, 0.1) is 13.0 Å². The van der Waals surface area contributed by atoms with E-state index in [1.165, 1.54) is 0 Å². The van der Waals surface area contributed by atoms with Gasteiger partial charge < -0.3 is 15.4 Å². The lowest BCUT2D eigenvalue weighted by atomic mass is 9.99. The van der Waals surface area contributed by atoms with Gasteiger partial charge in [-0.2, -0.15) is 0 Å².